The van der Waals surface area contributed by atoms with Crippen LogP contribution in [0.5, 0.6) is 0 Å². The number of rotatable bonds is 13. The molecule has 3 aliphatic rings. The number of nitrogens with two attached hydrogens (primary N) is 1. The van der Waals surface area contributed by atoms with Gasteiger partial charge in [0.15, 0.2) is 17.5 Å². The molecule has 0 saturated carbocycles. The summed E-state index contributed by atoms with van der Waals surface area (Å²) in [6, 6.07) is 8.67. The third-order valence-electron chi connectivity index (χ3n) is 6.75. The summed E-state index contributed by atoms with van der Waals surface area (Å²) in [6.45, 7) is 4.35. The van der Waals surface area contributed by atoms with Gasteiger partial charge < -0.3 is 30.7 Å². The lowest BCUT2D eigenvalue weighted by Crippen LogP contribution is -2.51. The summed E-state index contributed by atoms with van der Waals surface area (Å²) in [6.07, 6.45) is -3.93. The minimum atomic E-state index is -3.97. The van der Waals surface area contributed by atoms with Crippen LogP contribution in [0, 0.1) is 5.41 Å². The number of nitrogens with zero attached hydrogens (tertiary/aromatic N) is 4. The number of hydrogen-bond donors (Lipinski definition) is 5. The van der Waals surface area contributed by atoms with Gasteiger partial charge in [-0.15, -0.1) is 0 Å². The van der Waals surface area contributed by atoms with E-state index >= 15 is 0 Å². The molecule has 6 N–H and O–H groups in total. The molecule has 4 unspecified atom stereocenters. The number of amidine groups is 2. The maximum atomic E-state index is 13.7. The molecule has 1 saturated heterocycles. The molecule has 0 spiro atoms. The van der Waals surface area contributed by atoms with Gasteiger partial charge in [0.25, 0.3) is 0 Å². The first-order chi connectivity index (χ1) is 19.4. The van der Waals surface area contributed by atoms with Gasteiger partial charge in [-0.05, 0) is 26.3 Å². The fourth-order valence-corrected chi connectivity index (χ4v) is 6.50. The molecule has 1 aromatic rings. The van der Waals surface area contributed by atoms with Gasteiger partial charge in [-0.2, -0.15) is 0 Å². The van der Waals surface area contributed by atoms with Gasteiger partial charge in [0.2, 0.25) is 0 Å². The second kappa shape index (κ2) is 13.4. The molecule has 3 aliphatic heterocycles. The highest BCUT2D eigenvalue weighted by Crippen LogP contribution is 2.45. The molecular weight excluding hydrogens is 575 g/mol. The number of aliphatic hydroxyl groups is 3. The second-order valence-electron chi connectivity index (χ2n) is 10.5. The fourth-order valence-electron chi connectivity index (χ4n) is 4.26. The monoisotopic (exact) mass is 612 g/mol. The van der Waals surface area contributed by atoms with Crippen molar-refractivity contribution in [3.05, 3.63) is 35.9 Å². The van der Waals surface area contributed by atoms with Crippen molar-refractivity contribution in [3.8, 4) is 0 Å². The smallest absolute Gasteiger partial charge is 0.395 e. The highest BCUT2D eigenvalue weighted by atomic mass is 32.2. The number of fused-ring (bicyclic) bond motifs is 1. The number of aliphatic hydroxyl groups excluding tert-OH is 3. The van der Waals surface area contributed by atoms with Crippen LogP contribution in [0.4, 0.5) is 0 Å². The Hall–Kier alpha value is -2.20. The molecule has 3 heterocycles. The van der Waals surface area contributed by atoms with E-state index in [2.05, 4.69) is 20.1 Å². The minimum Gasteiger partial charge on any atom is -0.395 e. The van der Waals surface area contributed by atoms with Gasteiger partial charge in [-0.25, -0.2) is 19.6 Å². The van der Waals surface area contributed by atoms with E-state index in [-0.39, 0.29) is 43.1 Å². The molecule has 0 radical (unpaired) electrons. The number of carbonyl (C=O) groups is 1. The Morgan fingerprint density at radius 3 is 2.68 bits per heavy atom. The largest absolute Gasteiger partial charge is 0.405 e. The first-order valence-corrected chi connectivity index (χ1v) is 15.6. The molecule has 0 aliphatic carbocycles. The van der Waals surface area contributed by atoms with Gasteiger partial charge in [-0.1, -0.05) is 42.1 Å². The molecule has 226 valence electrons. The van der Waals surface area contributed by atoms with Crippen LogP contribution < -0.4 is 10.8 Å². The molecule has 0 amide bonds. The zero-order chi connectivity index (χ0) is 29.8. The van der Waals surface area contributed by atoms with E-state index < -0.39 is 49.9 Å². The Balaban J connectivity index is 1.38. The number of benzene rings is 1. The van der Waals surface area contributed by atoms with Gasteiger partial charge in [0, 0.05) is 12.3 Å². The Morgan fingerprint density at radius 2 is 1.98 bits per heavy atom. The van der Waals surface area contributed by atoms with Crippen LogP contribution >= 0.6 is 19.5 Å². The van der Waals surface area contributed by atoms with Gasteiger partial charge >= 0.3 is 7.75 Å². The number of carbonyl (C=O) groups excluding carboxylic acids is 1. The summed E-state index contributed by atoms with van der Waals surface area (Å²) in [5.41, 5.74) is 5.91. The second-order valence-corrected chi connectivity index (χ2v) is 13.3. The summed E-state index contributed by atoms with van der Waals surface area (Å²) >= 11 is 0.959. The topological polar surface area (TPSA) is 201 Å². The summed E-state index contributed by atoms with van der Waals surface area (Å²) in [5, 5.41) is 33.5. The lowest BCUT2D eigenvalue weighted by Gasteiger charge is -2.32. The van der Waals surface area contributed by atoms with Crippen LogP contribution in [0.2, 0.25) is 0 Å². The molecule has 14 nitrogen and oxygen atoms in total. The summed E-state index contributed by atoms with van der Waals surface area (Å²) in [5.74, 6) is 0.918. The summed E-state index contributed by atoms with van der Waals surface area (Å²) < 4.78 is 30.9. The quantitative estimate of drug-likeness (QED) is 0.153. The van der Waals surface area contributed by atoms with Crippen molar-refractivity contribution in [1.29, 1.82) is 0 Å². The lowest BCUT2D eigenvalue weighted by molar-refractivity contribution is -0.119. The van der Waals surface area contributed by atoms with Crippen molar-refractivity contribution in [1.82, 2.24) is 9.99 Å². The zero-order valence-electron chi connectivity index (χ0n) is 23.1. The normalized spacial score (nSPS) is 29.2. The number of ether oxygens (including phenoxy) is 1. The average Bonchev–Trinajstić information content (AvgIpc) is 3.49. The Morgan fingerprint density at radius 1 is 1.24 bits per heavy atom. The first-order valence-electron chi connectivity index (χ1n) is 13.1. The van der Waals surface area contributed by atoms with E-state index in [0.29, 0.717) is 5.84 Å². The van der Waals surface area contributed by atoms with Crippen LogP contribution in [0.25, 0.3) is 0 Å². The first kappa shape index (κ1) is 31.7. The van der Waals surface area contributed by atoms with Crippen LogP contribution in [0.1, 0.15) is 26.3 Å². The molecule has 16 heteroatoms. The number of thioether (sulfide) groups is 1. The predicted octanol–water partition coefficient (Wildman–Crippen LogP) is 0.470. The third kappa shape index (κ3) is 7.61. The van der Waals surface area contributed by atoms with Gasteiger partial charge in [-0.3, -0.25) is 18.8 Å². The van der Waals surface area contributed by atoms with E-state index in [1.54, 1.807) is 25.7 Å². The van der Waals surface area contributed by atoms with E-state index in [9.17, 15) is 24.7 Å². The number of nitrogens with one attached hydrogen (secondary N) is 1. The third-order valence-corrected chi connectivity index (χ3v) is 9.49. The Kier molecular flexibility index (Phi) is 10.4. The Labute approximate surface area is 242 Å². The van der Waals surface area contributed by atoms with E-state index in [0.717, 1.165) is 17.3 Å². The van der Waals surface area contributed by atoms with Crippen molar-refractivity contribution in [2.75, 3.05) is 25.6 Å². The number of aliphatic imine (C=N–C) groups is 3. The van der Waals surface area contributed by atoms with Crippen LogP contribution in [0.3, 0.4) is 0 Å². The van der Waals surface area contributed by atoms with Crippen molar-refractivity contribution in [2.24, 2.45) is 26.1 Å². The minimum absolute atomic E-state index is 0.0933. The highest BCUT2D eigenvalue weighted by Gasteiger charge is 2.50. The molecule has 4 rings (SSSR count). The fraction of sp³-hybridized carbons (Fsp3) is 0.600. The molecule has 1 fully saturated rings. The summed E-state index contributed by atoms with van der Waals surface area (Å²) in [4.78, 5) is 26.8. The molecule has 41 heavy (non-hydrogen) atoms. The standard InChI is InChI=1S/C25H37N6O8PS/c1-15-29-21(26)18-22(30-15)31(14-27-18)23-20(34)19(33)17(39-23)12-38-40(36,28-11-16-7-5-4-6-8-16)37-9-10-41-24(35)25(2,3)13-32/h4-8,14,17-20,22-23,32-34H,9-13H2,1-3H3,(H,28,36)(H2,26,29,30)/t17-,18?,19?,20-,22?,23-,40?/m1/s1. The molecule has 0 bridgehead atoms. The molecule has 1 aromatic carbocycles. The average molecular weight is 613 g/mol. The van der Waals surface area contributed by atoms with Crippen molar-refractivity contribution in [2.45, 2.75) is 64.1 Å². The van der Waals surface area contributed by atoms with Gasteiger partial charge in [0.1, 0.15) is 36.0 Å². The van der Waals surface area contributed by atoms with Gasteiger partial charge in [0.05, 0.1) is 31.6 Å². The number of hydrogen-bond acceptors (Lipinski definition) is 14. The lowest BCUT2D eigenvalue weighted by atomic mass is 9.97. The SMILES string of the molecule is CC1=NC2C(N=CN2[C@@H]2O[C@H](COP(=O)(NCc3ccccc3)OCCSC(=O)C(C)(C)CO)C(O)[C@H]2O)C(N)=N1. The molecular formula is C25H37N6O8PS. The van der Waals surface area contributed by atoms with E-state index in [1.165, 1.54) is 6.34 Å². The summed E-state index contributed by atoms with van der Waals surface area (Å²) in [7, 11) is -3.97. The van der Waals surface area contributed by atoms with Crippen LogP contribution in [-0.2, 0) is 29.7 Å². The van der Waals surface area contributed by atoms with Crippen molar-refractivity contribution in [3.63, 3.8) is 0 Å². The van der Waals surface area contributed by atoms with E-state index in [1.807, 2.05) is 30.3 Å². The van der Waals surface area contributed by atoms with Crippen molar-refractivity contribution < 1.29 is 38.5 Å². The zero-order valence-corrected chi connectivity index (χ0v) is 24.8. The Bertz CT molecular complexity index is 1220. The van der Waals surface area contributed by atoms with Crippen LogP contribution in [0.15, 0.2) is 45.3 Å². The molecule has 7 atom stereocenters. The van der Waals surface area contributed by atoms with Crippen molar-refractivity contribution >= 4 is 42.6 Å². The highest BCUT2D eigenvalue weighted by molar-refractivity contribution is 8.13. The predicted molar refractivity (Wildman–Crippen MR) is 154 cm³/mol. The maximum Gasteiger partial charge on any atom is 0.405 e. The maximum absolute atomic E-state index is 13.7. The van der Waals surface area contributed by atoms with E-state index in [4.69, 9.17) is 19.5 Å². The molecule has 0 aromatic heterocycles. The van der Waals surface area contributed by atoms with Crippen LogP contribution in [-0.4, -0.2) is 106 Å².